The van der Waals surface area contributed by atoms with Gasteiger partial charge in [-0.2, -0.15) is 0 Å². The Labute approximate surface area is 197 Å². The van der Waals surface area contributed by atoms with Crippen LogP contribution in [0.4, 0.5) is 10.2 Å². The second-order valence-corrected chi connectivity index (χ2v) is 9.17. The van der Waals surface area contributed by atoms with Gasteiger partial charge in [0.1, 0.15) is 17.3 Å². The fourth-order valence-corrected chi connectivity index (χ4v) is 5.23. The molecule has 5 heterocycles. The normalized spacial score (nSPS) is 19.8. The number of imidazole rings is 1. The van der Waals surface area contributed by atoms with Crippen LogP contribution in [-0.4, -0.2) is 67.9 Å². The summed E-state index contributed by atoms with van der Waals surface area (Å²) in [6, 6.07) is 14.9. The minimum atomic E-state index is -0.273. The zero-order valence-corrected chi connectivity index (χ0v) is 18.9. The van der Waals surface area contributed by atoms with Gasteiger partial charge in [-0.15, -0.1) is 5.10 Å². The molecule has 34 heavy (non-hydrogen) atoms. The topological polar surface area (TPSA) is 69.8 Å². The van der Waals surface area contributed by atoms with E-state index in [1.165, 1.54) is 12.1 Å². The number of pyridine rings is 1. The quantitative estimate of drug-likeness (QED) is 0.504. The number of hydrogen-bond acceptors (Lipinski definition) is 6. The third kappa shape index (κ3) is 3.93. The second-order valence-electron chi connectivity index (χ2n) is 9.17. The average molecular weight is 459 g/mol. The number of likely N-dealkylation sites (tertiary alicyclic amines) is 1. The van der Waals surface area contributed by atoms with E-state index in [1.54, 1.807) is 24.5 Å². The smallest absolute Gasteiger partial charge is 0.155 e. The number of rotatable bonds is 4. The molecule has 0 aliphatic carbocycles. The largest absolute Gasteiger partial charge is 0.392 e. The highest BCUT2D eigenvalue weighted by atomic mass is 19.1. The molecule has 2 aliphatic rings. The molecule has 174 valence electrons. The van der Waals surface area contributed by atoms with Gasteiger partial charge in [0, 0.05) is 55.7 Å². The number of fused-ring (bicyclic) bond motifs is 1. The Bertz CT molecular complexity index is 1280. The van der Waals surface area contributed by atoms with Crippen molar-refractivity contribution in [1.29, 1.82) is 0 Å². The molecular weight excluding hydrogens is 431 g/mol. The van der Waals surface area contributed by atoms with Gasteiger partial charge in [-0.25, -0.2) is 13.9 Å². The maximum Gasteiger partial charge on any atom is 0.155 e. The van der Waals surface area contributed by atoms with E-state index in [0.717, 1.165) is 79.4 Å². The molecule has 6 rings (SSSR count). The minimum Gasteiger partial charge on any atom is -0.392 e. The molecule has 1 N–H and O–H groups in total. The standard InChI is InChI=1S/C26H27FN6O/c27-20-3-1-18(2-4-20)25-26(19-7-12-28-13-8-19)33-23(29-25)5-6-24(30-33)31-14-9-21(10-15-31)32-16-11-22(34)17-32/h1-8,12-13,21-22,34H,9-11,14-17H2. The van der Waals surface area contributed by atoms with E-state index in [9.17, 15) is 9.50 Å². The van der Waals surface area contributed by atoms with Crippen LogP contribution in [0.1, 0.15) is 19.3 Å². The van der Waals surface area contributed by atoms with Crippen molar-refractivity contribution in [2.75, 3.05) is 31.1 Å². The molecule has 2 aliphatic heterocycles. The molecule has 1 unspecified atom stereocenters. The van der Waals surface area contributed by atoms with Gasteiger partial charge in [0.15, 0.2) is 5.65 Å². The van der Waals surface area contributed by atoms with Crippen LogP contribution in [0.2, 0.25) is 0 Å². The molecule has 1 atom stereocenters. The van der Waals surface area contributed by atoms with E-state index < -0.39 is 0 Å². The molecule has 1 aromatic carbocycles. The SMILES string of the molecule is OC1CCN(C2CCN(c3ccc4nc(-c5ccc(F)cc5)c(-c5ccncc5)n4n3)CC2)C1. The number of aromatic nitrogens is 4. The molecule has 0 amide bonds. The lowest BCUT2D eigenvalue weighted by Gasteiger charge is -2.37. The summed E-state index contributed by atoms with van der Waals surface area (Å²) >= 11 is 0. The van der Waals surface area contributed by atoms with Crippen molar-refractivity contribution in [2.24, 2.45) is 0 Å². The summed E-state index contributed by atoms with van der Waals surface area (Å²) in [6.45, 7) is 3.65. The summed E-state index contributed by atoms with van der Waals surface area (Å²) in [4.78, 5) is 13.8. The fraction of sp³-hybridized carbons (Fsp3) is 0.346. The van der Waals surface area contributed by atoms with Gasteiger partial charge in [0.25, 0.3) is 0 Å². The number of benzene rings is 1. The van der Waals surface area contributed by atoms with Crippen molar-refractivity contribution in [3.8, 4) is 22.5 Å². The molecule has 0 bridgehead atoms. The number of piperidine rings is 1. The fourth-order valence-electron chi connectivity index (χ4n) is 5.23. The molecule has 0 radical (unpaired) electrons. The van der Waals surface area contributed by atoms with Crippen LogP contribution in [0.3, 0.4) is 0 Å². The first-order valence-electron chi connectivity index (χ1n) is 11.9. The summed E-state index contributed by atoms with van der Waals surface area (Å²) in [6.07, 6.45) is 6.35. The third-order valence-electron chi connectivity index (χ3n) is 7.03. The summed E-state index contributed by atoms with van der Waals surface area (Å²) < 4.78 is 15.5. The molecule has 2 fully saturated rings. The van der Waals surface area contributed by atoms with Gasteiger partial charge in [-0.05, 0) is 67.8 Å². The first-order chi connectivity index (χ1) is 16.7. The first kappa shape index (κ1) is 21.2. The third-order valence-corrected chi connectivity index (χ3v) is 7.03. The lowest BCUT2D eigenvalue weighted by atomic mass is 10.0. The average Bonchev–Trinajstić information content (AvgIpc) is 3.48. The first-order valence-corrected chi connectivity index (χ1v) is 11.9. The molecule has 0 saturated carbocycles. The van der Waals surface area contributed by atoms with Crippen LogP contribution < -0.4 is 4.90 Å². The molecule has 2 saturated heterocycles. The molecule has 0 spiro atoms. The van der Waals surface area contributed by atoms with Gasteiger partial charge >= 0.3 is 0 Å². The van der Waals surface area contributed by atoms with Gasteiger partial charge in [-0.1, -0.05) is 0 Å². The van der Waals surface area contributed by atoms with E-state index in [-0.39, 0.29) is 11.9 Å². The van der Waals surface area contributed by atoms with Crippen LogP contribution in [0.15, 0.2) is 60.9 Å². The van der Waals surface area contributed by atoms with Gasteiger partial charge < -0.3 is 10.0 Å². The molecule has 4 aromatic rings. The highest BCUT2D eigenvalue weighted by Gasteiger charge is 2.30. The number of halogens is 1. The van der Waals surface area contributed by atoms with Crippen molar-refractivity contribution in [3.63, 3.8) is 0 Å². The van der Waals surface area contributed by atoms with E-state index in [2.05, 4.69) is 14.8 Å². The van der Waals surface area contributed by atoms with Crippen molar-refractivity contribution < 1.29 is 9.50 Å². The number of β-amino-alcohol motifs (C(OH)–C–C–N with tert-alkyl or cyclic N) is 1. The number of aliphatic hydroxyl groups is 1. The number of hydrogen-bond donors (Lipinski definition) is 1. The van der Waals surface area contributed by atoms with Crippen molar-refractivity contribution in [3.05, 3.63) is 66.7 Å². The Morgan fingerprint density at radius 3 is 2.32 bits per heavy atom. The molecule has 8 heteroatoms. The zero-order chi connectivity index (χ0) is 23.1. The lowest BCUT2D eigenvalue weighted by Crippen LogP contribution is -2.44. The highest BCUT2D eigenvalue weighted by Crippen LogP contribution is 2.33. The monoisotopic (exact) mass is 458 g/mol. The maximum absolute atomic E-state index is 13.6. The summed E-state index contributed by atoms with van der Waals surface area (Å²) in [5, 5.41) is 14.9. The summed E-state index contributed by atoms with van der Waals surface area (Å²) in [5.74, 6) is 0.649. The molecule has 7 nitrogen and oxygen atoms in total. The minimum absolute atomic E-state index is 0.176. The number of anilines is 1. The van der Waals surface area contributed by atoms with Crippen molar-refractivity contribution in [1.82, 2.24) is 24.5 Å². The Hall–Kier alpha value is -3.36. The van der Waals surface area contributed by atoms with E-state index in [0.29, 0.717) is 6.04 Å². The Balaban J connectivity index is 1.34. The van der Waals surface area contributed by atoms with Gasteiger partial charge in [0.05, 0.1) is 11.8 Å². The maximum atomic E-state index is 13.6. The lowest BCUT2D eigenvalue weighted by molar-refractivity contribution is 0.148. The van der Waals surface area contributed by atoms with E-state index in [1.807, 2.05) is 28.8 Å². The zero-order valence-electron chi connectivity index (χ0n) is 18.9. The molecular formula is C26H27FN6O. The van der Waals surface area contributed by atoms with Crippen molar-refractivity contribution >= 4 is 11.5 Å². The van der Waals surface area contributed by atoms with E-state index >= 15 is 0 Å². The predicted octanol–water partition coefficient (Wildman–Crippen LogP) is 3.63. The molecule has 3 aromatic heterocycles. The van der Waals surface area contributed by atoms with Crippen LogP contribution >= 0.6 is 0 Å². The van der Waals surface area contributed by atoms with Gasteiger partial charge in [0.2, 0.25) is 0 Å². The highest BCUT2D eigenvalue weighted by molar-refractivity contribution is 5.81. The second kappa shape index (κ2) is 8.77. The predicted molar refractivity (Wildman–Crippen MR) is 129 cm³/mol. The summed E-state index contributed by atoms with van der Waals surface area (Å²) in [5.41, 5.74) is 4.18. The van der Waals surface area contributed by atoms with Crippen LogP contribution in [-0.2, 0) is 0 Å². The Kier molecular flexibility index (Phi) is 5.47. The number of nitrogens with zero attached hydrogens (tertiary/aromatic N) is 6. The van der Waals surface area contributed by atoms with Gasteiger partial charge in [-0.3, -0.25) is 9.88 Å². The Morgan fingerprint density at radius 2 is 1.62 bits per heavy atom. The summed E-state index contributed by atoms with van der Waals surface area (Å²) in [7, 11) is 0. The Morgan fingerprint density at radius 1 is 0.853 bits per heavy atom. The number of aliphatic hydroxyl groups excluding tert-OH is 1. The van der Waals surface area contributed by atoms with Crippen LogP contribution in [0.5, 0.6) is 0 Å². The van der Waals surface area contributed by atoms with Crippen LogP contribution in [0.25, 0.3) is 28.2 Å². The van der Waals surface area contributed by atoms with Crippen LogP contribution in [0, 0.1) is 5.82 Å². The van der Waals surface area contributed by atoms with E-state index in [4.69, 9.17) is 10.1 Å². The van der Waals surface area contributed by atoms with Crippen molar-refractivity contribution in [2.45, 2.75) is 31.4 Å².